The summed E-state index contributed by atoms with van der Waals surface area (Å²) in [6, 6.07) is 3.53. The van der Waals surface area contributed by atoms with Gasteiger partial charge < -0.3 is 14.6 Å². The Bertz CT molecular complexity index is 297. The van der Waals surface area contributed by atoms with Crippen molar-refractivity contribution < 1.29 is 14.6 Å². The Morgan fingerprint density at radius 3 is 2.53 bits per heavy atom. The van der Waals surface area contributed by atoms with Crippen LogP contribution in [0.15, 0.2) is 16.5 Å². The first-order valence-corrected chi connectivity index (χ1v) is 6.16. The van der Waals surface area contributed by atoms with Crippen LogP contribution in [0, 0.1) is 5.41 Å². The van der Waals surface area contributed by atoms with E-state index in [0.29, 0.717) is 16.7 Å². The minimum atomic E-state index is -0.430. The molecule has 0 fully saturated rings. The second-order valence-electron chi connectivity index (χ2n) is 3.83. The summed E-state index contributed by atoms with van der Waals surface area (Å²) >= 11 is 7.23. The molecule has 0 saturated heterocycles. The lowest BCUT2D eigenvalue weighted by Gasteiger charge is -2.23. The third-order valence-electron chi connectivity index (χ3n) is 2.09. The molecule has 15 heavy (non-hydrogen) atoms. The van der Waals surface area contributed by atoms with Crippen LogP contribution in [0.2, 0.25) is 5.22 Å². The lowest BCUT2D eigenvalue weighted by molar-refractivity contribution is 0.0895. The van der Waals surface area contributed by atoms with Crippen molar-refractivity contribution in [2.75, 3.05) is 19.0 Å². The third-order valence-corrected chi connectivity index (χ3v) is 3.68. The highest BCUT2D eigenvalue weighted by molar-refractivity contribution is 7.98. The van der Waals surface area contributed by atoms with Crippen LogP contribution in [0.3, 0.4) is 0 Å². The van der Waals surface area contributed by atoms with Crippen LogP contribution in [-0.2, 0) is 5.75 Å². The molecule has 0 unspecified atom stereocenters. The molecule has 0 atom stereocenters. The van der Waals surface area contributed by atoms with Gasteiger partial charge in [0.1, 0.15) is 5.76 Å². The molecule has 0 spiro atoms. The Labute approximate surface area is 98.4 Å². The van der Waals surface area contributed by atoms with Gasteiger partial charge in [-0.05, 0) is 23.7 Å². The molecule has 86 valence electrons. The van der Waals surface area contributed by atoms with Gasteiger partial charge in [-0.2, -0.15) is 11.8 Å². The standard InChI is InChI=1S/C10H15ClO3S/c1-10(5-12,6-13)7-15-4-8-2-3-9(11)14-8/h2-3,12-13H,4-7H2,1H3. The molecule has 0 aromatic carbocycles. The quantitative estimate of drug-likeness (QED) is 0.813. The van der Waals surface area contributed by atoms with Crippen molar-refractivity contribution in [2.24, 2.45) is 5.41 Å². The average Bonchev–Trinajstić information content (AvgIpc) is 2.64. The smallest absolute Gasteiger partial charge is 0.193 e. The van der Waals surface area contributed by atoms with Gasteiger partial charge in [0, 0.05) is 11.2 Å². The van der Waals surface area contributed by atoms with Gasteiger partial charge in [0.2, 0.25) is 0 Å². The summed E-state index contributed by atoms with van der Waals surface area (Å²) in [6.07, 6.45) is 0. The molecule has 0 bridgehead atoms. The molecule has 2 N–H and O–H groups in total. The minimum Gasteiger partial charge on any atom is -0.449 e. The van der Waals surface area contributed by atoms with E-state index in [-0.39, 0.29) is 13.2 Å². The summed E-state index contributed by atoms with van der Waals surface area (Å²) in [5.74, 6) is 2.18. The zero-order valence-electron chi connectivity index (χ0n) is 8.57. The maximum Gasteiger partial charge on any atom is 0.193 e. The van der Waals surface area contributed by atoms with E-state index in [4.69, 9.17) is 26.2 Å². The highest BCUT2D eigenvalue weighted by Crippen LogP contribution is 2.25. The second-order valence-corrected chi connectivity index (χ2v) is 5.18. The first-order chi connectivity index (χ1) is 7.09. The minimum absolute atomic E-state index is 0.0184. The van der Waals surface area contributed by atoms with Crippen molar-refractivity contribution in [2.45, 2.75) is 12.7 Å². The van der Waals surface area contributed by atoms with Gasteiger partial charge in [0.25, 0.3) is 0 Å². The summed E-state index contributed by atoms with van der Waals surface area (Å²) in [6.45, 7) is 1.81. The fourth-order valence-electron chi connectivity index (χ4n) is 0.969. The molecule has 0 aliphatic carbocycles. The number of aliphatic hydroxyl groups is 2. The topological polar surface area (TPSA) is 53.6 Å². The Balaban J connectivity index is 2.32. The van der Waals surface area contributed by atoms with Crippen LogP contribution in [0.5, 0.6) is 0 Å². The molecule has 1 heterocycles. The Kier molecular flexibility index (Phi) is 4.99. The van der Waals surface area contributed by atoms with Crippen LogP contribution in [-0.4, -0.2) is 29.2 Å². The van der Waals surface area contributed by atoms with Crippen molar-refractivity contribution in [1.29, 1.82) is 0 Å². The molecule has 0 radical (unpaired) electrons. The zero-order chi connectivity index (χ0) is 11.3. The molecule has 5 heteroatoms. The van der Waals surface area contributed by atoms with Gasteiger partial charge in [-0.1, -0.05) is 6.92 Å². The summed E-state index contributed by atoms with van der Waals surface area (Å²) in [5.41, 5.74) is -0.430. The predicted octanol–water partition coefficient (Wildman–Crippen LogP) is 2.16. The van der Waals surface area contributed by atoms with E-state index in [1.807, 2.05) is 13.0 Å². The monoisotopic (exact) mass is 250 g/mol. The number of rotatable bonds is 6. The van der Waals surface area contributed by atoms with Crippen LogP contribution >= 0.6 is 23.4 Å². The van der Waals surface area contributed by atoms with Gasteiger partial charge in [0.15, 0.2) is 5.22 Å². The molecule has 0 saturated carbocycles. The Morgan fingerprint density at radius 2 is 2.07 bits per heavy atom. The number of hydrogen-bond acceptors (Lipinski definition) is 4. The Hall–Kier alpha value is -0.160. The first kappa shape index (κ1) is 12.9. The second kappa shape index (κ2) is 5.80. The van der Waals surface area contributed by atoms with E-state index >= 15 is 0 Å². The van der Waals surface area contributed by atoms with Crippen molar-refractivity contribution >= 4 is 23.4 Å². The van der Waals surface area contributed by atoms with Crippen molar-refractivity contribution in [3.8, 4) is 0 Å². The van der Waals surface area contributed by atoms with E-state index in [1.165, 1.54) is 0 Å². The van der Waals surface area contributed by atoms with Gasteiger partial charge in [0.05, 0.1) is 19.0 Å². The Morgan fingerprint density at radius 1 is 1.40 bits per heavy atom. The first-order valence-electron chi connectivity index (χ1n) is 4.63. The zero-order valence-corrected chi connectivity index (χ0v) is 10.1. The predicted molar refractivity (Wildman–Crippen MR) is 62.2 cm³/mol. The van der Waals surface area contributed by atoms with Crippen LogP contribution in [0.1, 0.15) is 12.7 Å². The van der Waals surface area contributed by atoms with Crippen molar-refractivity contribution in [3.05, 3.63) is 23.1 Å². The molecule has 1 aromatic rings. The molecule has 1 rings (SSSR count). The van der Waals surface area contributed by atoms with E-state index in [1.54, 1.807) is 17.8 Å². The normalized spacial score (nSPS) is 12.0. The number of thioether (sulfide) groups is 1. The average molecular weight is 251 g/mol. The van der Waals surface area contributed by atoms with Crippen LogP contribution in [0.25, 0.3) is 0 Å². The van der Waals surface area contributed by atoms with Crippen molar-refractivity contribution in [1.82, 2.24) is 0 Å². The van der Waals surface area contributed by atoms with Crippen LogP contribution in [0.4, 0.5) is 0 Å². The lowest BCUT2D eigenvalue weighted by Crippen LogP contribution is -2.28. The van der Waals surface area contributed by atoms with E-state index < -0.39 is 5.41 Å². The molecule has 1 aromatic heterocycles. The fraction of sp³-hybridized carbons (Fsp3) is 0.600. The molecule has 3 nitrogen and oxygen atoms in total. The maximum atomic E-state index is 9.07. The molecular weight excluding hydrogens is 236 g/mol. The summed E-state index contributed by atoms with van der Waals surface area (Å²) in [5, 5.41) is 18.5. The number of halogens is 1. The molecule has 0 aliphatic rings. The molecular formula is C10H15ClO3S. The van der Waals surface area contributed by atoms with Gasteiger partial charge in [-0.25, -0.2) is 0 Å². The van der Waals surface area contributed by atoms with E-state index in [0.717, 1.165) is 5.76 Å². The summed E-state index contributed by atoms with van der Waals surface area (Å²) in [4.78, 5) is 0. The highest BCUT2D eigenvalue weighted by atomic mass is 35.5. The lowest BCUT2D eigenvalue weighted by atomic mass is 9.96. The molecule has 0 aliphatic heterocycles. The summed E-state index contributed by atoms with van der Waals surface area (Å²) in [7, 11) is 0. The van der Waals surface area contributed by atoms with E-state index in [9.17, 15) is 0 Å². The van der Waals surface area contributed by atoms with Crippen LogP contribution < -0.4 is 0 Å². The van der Waals surface area contributed by atoms with Gasteiger partial charge >= 0.3 is 0 Å². The van der Waals surface area contributed by atoms with Gasteiger partial charge in [-0.15, -0.1) is 0 Å². The van der Waals surface area contributed by atoms with E-state index in [2.05, 4.69) is 0 Å². The van der Waals surface area contributed by atoms with Gasteiger partial charge in [-0.3, -0.25) is 0 Å². The third kappa shape index (κ3) is 4.07. The molecule has 0 amide bonds. The highest BCUT2D eigenvalue weighted by Gasteiger charge is 2.22. The maximum absolute atomic E-state index is 9.07. The largest absolute Gasteiger partial charge is 0.449 e. The fourth-order valence-corrected chi connectivity index (χ4v) is 2.26. The number of hydrogen-bond donors (Lipinski definition) is 2. The summed E-state index contributed by atoms with van der Waals surface area (Å²) < 4.78 is 5.19. The van der Waals surface area contributed by atoms with Crippen molar-refractivity contribution in [3.63, 3.8) is 0 Å². The SMILES string of the molecule is CC(CO)(CO)CSCc1ccc(Cl)o1. The number of furan rings is 1. The number of aliphatic hydroxyl groups excluding tert-OH is 2.